The maximum Gasteiger partial charge on any atom is 0.284 e. The van der Waals surface area contributed by atoms with Gasteiger partial charge in [0.2, 0.25) is 11.6 Å². The molecule has 0 bridgehead atoms. The van der Waals surface area contributed by atoms with Crippen molar-refractivity contribution in [2.24, 2.45) is 0 Å². The van der Waals surface area contributed by atoms with Crippen molar-refractivity contribution < 1.29 is 9.59 Å². The number of amides is 2. The maximum atomic E-state index is 13.4. The van der Waals surface area contributed by atoms with E-state index in [0.29, 0.717) is 34.1 Å². The predicted molar refractivity (Wildman–Crippen MR) is 240 cm³/mol. The van der Waals surface area contributed by atoms with Gasteiger partial charge in [0, 0.05) is 11.4 Å². The monoisotopic (exact) mass is 826 g/mol. The fourth-order valence-corrected chi connectivity index (χ4v) is 6.38. The number of aromatic nitrogens is 6. The molecule has 8 aromatic rings. The fourth-order valence-electron chi connectivity index (χ4n) is 6.10. The summed E-state index contributed by atoms with van der Waals surface area (Å²) in [7, 11) is 0. The van der Waals surface area contributed by atoms with Crippen LogP contribution in [0.3, 0.4) is 0 Å². The molecule has 0 spiro atoms. The van der Waals surface area contributed by atoms with E-state index in [1.165, 1.54) is 0 Å². The summed E-state index contributed by atoms with van der Waals surface area (Å²) in [6, 6.07) is 55.5. The van der Waals surface area contributed by atoms with Crippen LogP contribution >= 0.6 is 24.4 Å². The summed E-state index contributed by atoms with van der Waals surface area (Å²) in [5.41, 5.74) is 9.91. The minimum absolute atomic E-state index is 0.126. The van der Waals surface area contributed by atoms with Gasteiger partial charge in [-0.1, -0.05) is 134 Å². The first-order valence-corrected chi connectivity index (χ1v) is 19.3. The number of thiocarbonyl (C=S) groups is 2. The third-order valence-electron chi connectivity index (χ3n) is 8.85. The third-order valence-corrected chi connectivity index (χ3v) is 9.41. The Morgan fingerprint density at radius 3 is 1.05 bits per heavy atom. The standard InChI is InChI=1S/C44H34N12O2S2/c57-39(45-31-19-7-1-8-20-31)41(59)51-55(35-27-15-5-16-28-35)43-49-47-37(53(43)33-23-11-3-12-24-33)38-48-50-44(54(38)34-25-13-4-14-26-34)56(36-29-17-6-18-30-36)52-42(60)40(58)46-32-21-9-2-10-22-32/h1-30H,(H,45,57)(H,46,58)(H,51,59)(H,52,60). The molecule has 8 rings (SSSR count). The molecule has 2 aromatic heterocycles. The van der Waals surface area contributed by atoms with Crippen LogP contribution in [0.2, 0.25) is 0 Å². The smallest absolute Gasteiger partial charge is 0.284 e. The zero-order valence-corrected chi connectivity index (χ0v) is 33.2. The quantitative estimate of drug-likeness (QED) is 0.0747. The van der Waals surface area contributed by atoms with Crippen LogP contribution in [0.5, 0.6) is 0 Å². The lowest BCUT2D eigenvalue weighted by Crippen LogP contribution is -2.44. The van der Waals surface area contributed by atoms with E-state index in [9.17, 15) is 9.59 Å². The van der Waals surface area contributed by atoms with Crippen molar-refractivity contribution in [2.75, 3.05) is 20.7 Å². The Labute approximate surface area is 355 Å². The first-order chi connectivity index (χ1) is 29.4. The molecule has 0 saturated carbocycles. The molecule has 2 amide bonds. The van der Waals surface area contributed by atoms with E-state index in [1.54, 1.807) is 43.4 Å². The van der Waals surface area contributed by atoms with Gasteiger partial charge in [-0.2, -0.15) is 0 Å². The molecule has 16 heteroatoms. The number of rotatable bonds is 11. The molecule has 294 valence electrons. The van der Waals surface area contributed by atoms with Crippen LogP contribution in [0.25, 0.3) is 23.0 Å². The molecular formula is C44H34N12O2S2. The Morgan fingerprint density at radius 2 is 0.717 bits per heavy atom. The summed E-state index contributed by atoms with van der Waals surface area (Å²) in [5, 5.41) is 27.7. The van der Waals surface area contributed by atoms with Crippen molar-refractivity contribution in [1.29, 1.82) is 0 Å². The molecule has 0 aliphatic carbocycles. The molecule has 0 aliphatic rings. The number of nitrogens with zero attached hydrogens (tertiary/aromatic N) is 8. The molecule has 0 aliphatic heterocycles. The van der Waals surface area contributed by atoms with E-state index < -0.39 is 11.8 Å². The van der Waals surface area contributed by atoms with Gasteiger partial charge in [0.25, 0.3) is 23.7 Å². The average Bonchev–Trinajstić information content (AvgIpc) is 3.94. The van der Waals surface area contributed by atoms with Crippen LogP contribution in [0.15, 0.2) is 182 Å². The van der Waals surface area contributed by atoms with Gasteiger partial charge in [-0.25, -0.2) is 10.0 Å². The van der Waals surface area contributed by atoms with Crippen molar-refractivity contribution in [3.63, 3.8) is 0 Å². The topological polar surface area (TPSA) is 150 Å². The van der Waals surface area contributed by atoms with Crippen molar-refractivity contribution in [2.45, 2.75) is 0 Å². The van der Waals surface area contributed by atoms with E-state index >= 15 is 0 Å². The number of hydrogen-bond acceptors (Lipinski definition) is 10. The van der Waals surface area contributed by atoms with E-state index in [4.69, 9.17) is 44.8 Å². The number of benzene rings is 6. The summed E-state index contributed by atoms with van der Waals surface area (Å²) < 4.78 is 3.56. The Kier molecular flexibility index (Phi) is 11.6. The molecule has 0 radical (unpaired) electrons. The first-order valence-electron chi connectivity index (χ1n) is 18.5. The number of anilines is 6. The van der Waals surface area contributed by atoms with Crippen LogP contribution in [0, 0.1) is 0 Å². The number of carbonyl (C=O) groups excluding carboxylic acids is 2. The molecule has 0 unspecified atom stereocenters. The molecule has 4 N–H and O–H groups in total. The van der Waals surface area contributed by atoms with Gasteiger partial charge in [0.05, 0.1) is 22.7 Å². The highest BCUT2D eigenvalue weighted by Crippen LogP contribution is 2.34. The lowest BCUT2D eigenvalue weighted by Gasteiger charge is -2.26. The molecule has 0 atom stereocenters. The van der Waals surface area contributed by atoms with Crippen LogP contribution in [0.1, 0.15) is 0 Å². The molecule has 60 heavy (non-hydrogen) atoms. The zero-order chi connectivity index (χ0) is 41.3. The highest BCUT2D eigenvalue weighted by Gasteiger charge is 2.30. The second-order valence-corrected chi connectivity index (χ2v) is 13.7. The van der Waals surface area contributed by atoms with Crippen molar-refractivity contribution in [3.05, 3.63) is 182 Å². The predicted octanol–water partition coefficient (Wildman–Crippen LogP) is 7.73. The fraction of sp³-hybridized carbons (Fsp3) is 0. The summed E-state index contributed by atoms with van der Waals surface area (Å²) in [6.45, 7) is 0. The summed E-state index contributed by atoms with van der Waals surface area (Å²) >= 11 is 11.3. The molecule has 6 aromatic carbocycles. The number of nitrogens with one attached hydrogen (secondary N) is 4. The van der Waals surface area contributed by atoms with Gasteiger partial charge in [-0.05, 0) is 72.8 Å². The largest absolute Gasteiger partial charge is 0.320 e. The van der Waals surface area contributed by atoms with Crippen molar-refractivity contribution >= 4 is 80.9 Å². The Bertz CT molecular complexity index is 2550. The number of para-hydroxylation sites is 6. The highest BCUT2D eigenvalue weighted by molar-refractivity contribution is 7.82. The second-order valence-electron chi connectivity index (χ2n) is 12.9. The van der Waals surface area contributed by atoms with Crippen LogP contribution < -0.4 is 31.5 Å². The average molecular weight is 827 g/mol. The van der Waals surface area contributed by atoms with Gasteiger partial charge in [0.15, 0.2) is 9.98 Å². The number of carbonyl (C=O) groups is 2. The minimum Gasteiger partial charge on any atom is -0.320 e. The molecule has 0 saturated heterocycles. The van der Waals surface area contributed by atoms with E-state index in [-0.39, 0.29) is 33.5 Å². The Balaban J connectivity index is 1.25. The third kappa shape index (κ3) is 8.59. The first kappa shape index (κ1) is 38.8. The van der Waals surface area contributed by atoms with Crippen molar-refractivity contribution in [1.82, 2.24) is 40.4 Å². The van der Waals surface area contributed by atoms with Gasteiger partial charge < -0.3 is 10.6 Å². The maximum absolute atomic E-state index is 13.4. The molecule has 0 fully saturated rings. The second kappa shape index (κ2) is 18.0. The number of hydrogen-bond donors (Lipinski definition) is 4. The molecule has 14 nitrogen and oxygen atoms in total. The number of hydrazine groups is 2. The van der Waals surface area contributed by atoms with Gasteiger partial charge in [-0.3, -0.25) is 29.6 Å². The van der Waals surface area contributed by atoms with Crippen molar-refractivity contribution in [3.8, 4) is 23.0 Å². The van der Waals surface area contributed by atoms with E-state index in [0.717, 1.165) is 0 Å². The zero-order valence-electron chi connectivity index (χ0n) is 31.5. The summed E-state index contributed by atoms with van der Waals surface area (Å²) in [4.78, 5) is 26.6. The van der Waals surface area contributed by atoms with Crippen LogP contribution in [-0.2, 0) is 9.59 Å². The molecular weight excluding hydrogens is 793 g/mol. The summed E-state index contributed by atoms with van der Waals surface area (Å²) in [5.74, 6) is -0.00503. The normalized spacial score (nSPS) is 10.6. The minimum atomic E-state index is -0.527. The van der Waals surface area contributed by atoms with Gasteiger partial charge in [-0.15, -0.1) is 20.4 Å². The Hall–Kier alpha value is -8.08. The van der Waals surface area contributed by atoms with Crippen LogP contribution in [-0.4, -0.2) is 51.3 Å². The summed E-state index contributed by atoms with van der Waals surface area (Å²) in [6.07, 6.45) is 0. The SMILES string of the molecule is O=C(Nc1ccccc1)C(=S)NN(c1ccccc1)c1nnc(-c2nnc(N(NC(=S)C(=O)Nc3ccccc3)c3ccccc3)n2-c2ccccc2)n1-c1ccccc1. The van der Waals surface area contributed by atoms with Gasteiger partial charge >= 0.3 is 0 Å². The van der Waals surface area contributed by atoms with E-state index in [1.807, 2.05) is 158 Å². The Morgan fingerprint density at radius 1 is 0.417 bits per heavy atom. The highest BCUT2D eigenvalue weighted by atomic mass is 32.1. The van der Waals surface area contributed by atoms with E-state index in [2.05, 4.69) is 21.5 Å². The lowest BCUT2D eigenvalue weighted by molar-refractivity contribution is -0.111. The molecule has 2 heterocycles. The van der Waals surface area contributed by atoms with Crippen LogP contribution in [0.4, 0.5) is 34.6 Å². The van der Waals surface area contributed by atoms with Gasteiger partial charge in [0.1, 0.15) is 0 Å². The lowest BCUT2D eigenvalue weighted by atomic mass is 10.3.